The summed E-state index contributed by atoms with van der Waals surface area (Å²) < 4.78 is 1.12. The van der Waals surface area contributed by atoms with Crippen LogP contribution in [0.3, 0.4) is 0 Å². The van der Waals surface area contributed by atoms with Gasteiger partial charge in [0.1, 0.15) is 5.01 Å². The Bertz CT molecular complexity index is 745. The fourth-order valence-corrected chi connectivity index (χ4v) is 3.92. The van der Waals surface area contributed by atoms with E-state index in [1.807, 2.05) is 30.3 Å². The van der Waals surface area contributed by atoms with Crippen LogP contribution in [0.2, 0.25) is 0 Å². The molecule has 2 heterocycles. The average molecular weight is 331 g/mol. The maximum absolute atomic E-state index is 12.3. The molecule has 0 unspecified atom stereocenters. The summed E-state index contributed by atoms with van der Waals surface area (Å²) in [6.45, 7) is 2.18. The molecule has 4 nitrogen and oxygen atoms in total. The first-order chi connectivity index (χ1) is 10.8. The van der Waals surface area contributed by atoms with E-state index >= 15 is 0 Å². The molecule has 0 bridgehead atoms. The van der Waals surface area contributed by atoms with Crippen molar-refractivity contribution >= 4 is 43.8 Å². The largest absolute Gasteiger partial charge is 0.296 e. The summed E-state index contributed by atoms with van der Waals surface area (Å²) in [4.78, 5) is 13.0. The van der Waals surface area contributed by atoms with E-state index in [9.17, 15) is 4.79 Å². The molecule has 0 aliphatic heterocycles. The van der Waals surface area contributed by atoms with E-state index in [0.717, 1.165) is 27.9 Å². The molecule has 0 radical (unpaired) electrons. The molecular weight excluding hydrogens is 314 g/mol. The van der Waals surface area contributed by atoms with E-state index in [-0.39, 0.29) is 5.91 Å². The normalized spacial score (nSPS) is 11.0. The van der Waals surface area contributed by atoms with Crippen molar-refractivity contribution < 1.29 is 4.79 Å². The van der Waals surface area contributed by atoms with E-state index in [4.69, 9.17) is 0 Å². The molecule has 22 heavy (non-hydrogen) atoms. The third-order valence-corrected chi connectivity index (χ3v) is 5.34. The third kappa shape index (κ3) is 3.51. The number of nitrogens with one attached hydrogen (secondary N) is 1. The minimum Gasteiger partial charge on any atom is -0.296 e. The van der Waals surface area contributed by atoms with Crippen LogP contribution in [0.25, 0.3) is 10.1 Å². The topological polar surface area (TPSA) is 54.9 Å². The first kappa shape index (κ1) is 15.1. The number of aromatic nitrogens is 2. The zero-order chi connectivity index (χ0) is 15.4. The smallest absolute Gasteiger partial charge is 0.267 e. The van der Waals surface area contributed by atoms with Crippen LogP contribution in [0.1, 0.15) is 40.9 Å². The molecule has 2 aromatic heterocycles. The quantitative estimate of drug-likeness (QED) is 0.664. The summed E-state index contributed by atoms with van der Waals surface area (Å²) in [6.07, 6.45) is 4.44. The van der Waals surface area contributed by atoms with Crippen molar-refractivity contribution in [3.05, 3.63) is 40.2 Å². The first-order valence-corrected chi connectivity index (χ1v) is 9.02. The van der Waals surface area contributed by atoms with Gasteiger partial charge in [0.25, 0.3) is 5.91 Å². The van der Waals surface area contributed by atoms with Gasteiger partial charge in [-0.05, 0) is 23.9 Å². The van der Waals surface area contributed by atoms with Gasteiger partial charge in [0.2, 0.25) is 5.13 Å². The van der Waals surface area contributed by atoms with Crippen LogP contribution in [-0.2, 0) is 6.42 Å². The molecule has 0 saturated heterocycles. The predicted octanol–water partition coefficient (Wildman–Crippen LogP) is 4.74. The van der Waals surface area contributed by atoms with Crippen molar-refractivity contribution in [3.8, 4) is 0 Å². The Kier molecular flexibility index (Phi) is 4.80. The van der Waals surface area contributed by atoms with Crippen molar-refractivity contribution in [2.24, 2.45) is 0 Å². The Hall–Kier alpha value is -1.79. The summed E-state index contributed by atoms with van der Waals surface area (Å²) in [5, 5.41) is 13.7. The number of benzene rings is 1. The van der Waals surface area contributed by atoms with Crippen molar-refractivity contribution in [3.63, 3.8) is 0 Å². The number of anilines is 1. The molecule has 1 amide bonds. The zero-order valence-corrected chi connectivity index (χ0v) is 14.0. The van der Waals surface area contributed by atoms with Gasteiger partial charge in [-0.25, -0.2) is 0 Å². The van der Waals surface area contributed by atoms with Gasteiger partial charge in [0.15, 0.2) is 0 Å². The Morgan fingerprint density at radius 2 is 2.05 bits per heavy atom. The van der Waals surface area contributed by atoms with Gasteiger partial charge in [0.05, 0.1) is 4.88 Å². The van der Waals surface area contributed by atoms with Gasteiger partial charge < -0.3 is 0 Å². The Morgan fingerprint density at radius 3 is 2.86 bits per heavy atom. The molecular formula is C16H17N3OS2. The van der Waals surface area contributed by atoms with Gasteiger partial charge in [-0.15, -0.1) is 21.5 Å². The average Bonchev–Trinajstić information content (AvgIpc) is 3.14. The Balaban J connectivity index is 1.66. The van der Waals surface area contributed by atoms with Crippen LogP contribution >= 0.6 is 22.7 Å². The van der Waals surface area contributed by atoms with Crippen LogP contribution in [0, 0.1) is 0 Å². The predicted molar refractivity (Wildman–Crippen MR) is 92.9 cm³/mol. The number of carbonyl (C=O) groups is 1. The van der Waals surface area contributed by atoms with Crippen LogP contribution in [0.15, 0.2) is 30.3 Å². The van der Waals surface area contributed by atoms with Gasteiger partial charge in [-0.2, -0.15) is 0 Å². The van der Waals surface area contributed by atoms with Crippen molar-refractivity contribution in [2.45, 2.75) is 32.6 Å². The maximum atomic E-state index is 12.3. The number of carbonyl (C=O) groups excluding carboxylic acids is 1. The number of thiophene rings is 1. The molecule has 0 spiro atoms. The minimum absolute atomic E-state index is 0.113. The highest BCUT2D eigenvalue weighted by molar-refractivity contribution is 7.21. The number of fused-ring (bicyclic) bond motifs is 1. The highest BCUT2D eigenvalue weighted by Crippen LogP contribution is 2.26. The molecule has 1 N–H and O–H groups in total. The highest BCUT2D eigenvalue weighted by Gasteiger charge is 2.13. The van der Waals surface area contributed by atoms with Gasteiger partial charge in [0, 0.05) is 11.1 Å². The molecule has 6 heteroatoms. The third-order valence-electron chi connectivity index (χ3n) is 3.33. The number of nitrogens with zero attached hydrogens (tertiary/aromatic N) is 2. The monoisotopic (exact) mass is 331 g/mol. The molecule has 0 saturated carbocycles. The first-order valence-electron chi connectivity index (χ1n) is 7.38. The van der Waals surface area contributed by atoms with E-state index in [0.29, 0.717) is 10.0 Å². The van der Waals surface area contributed by atoms with Gasteiger partial charge in [-0.1, -0.05) is 49.3 Å². The fraction of sp³-hybridized carbons (Fsp3) is 0.312. The second-order valence-electron chi connectivity index (χ2n) is 5.06. The molecule has 0 atom stereocenters. The van der Waals surface area contributed by atoms with Gasteiger partial charge in [-0.3, -0.25) is 10.1 Å². The fourth-order valence-electron chi connectivity index (χ4n) is 2.18. The SMILES string of the molecule is CCCCCc1nnc(NC(=O)c2cc3ccccc3s2)s1. The number of amides is 1. The standard InChI is InChI=1S/C16H17N3OS2/c1-2-3-4-9-14-18-19-16(22-14)17-15(20)13-10-11-7-5-6-8-12(11)21-13/h5-8,10H,2-4,9H2,1H3,(H,17,19,20). The maximum Gasteiger partial charge on any atom is 0.267 e. The Morgan fingerprint density at radius 1 is 1.18 bits per heavy atom. The molecule has 0 aliphatic carbocycles. The molecule has 0 aliphatic rings. The second kappa shape index (κ2) is 6.98. The number of aryl methyl sites for hydroxylation is 1. The van der Waals surface area contributed by atoms with Crippen LogP contribution in [0.5, 0.6) is 0 Å². The number of unbranched alkanes of at least 4 members (excludes halogenated alkanes) is 2. The van der Waals surface area contributed by atoms with E-state index in [1.165, 1.54) is 35.5 Å². The summed E-state index contributed by atoms with van der Waals surface area (Å²) in [5.41, 5.74) is 0. The minimum atomic E-state index is -0.113. The number of hydrogen-bond acceptors (Lipinski definition) is 5. The lowest BCUT2D eigenvalue weighted by Crippen LogP contribution is -2.09. The highest BCUT2D eigenvalue weighted by atomic mass is 32.1. The lowest BCUT2D eigenvalue weighted by atomic mass is 10.2. The molecule has 114 valence electrons. The molecule has 3 rings (SSSR count). The van der Waals surface area contributed by atoms with Crippen LogP contribution in [0.4, 0.5) is 5.13 Å². The summed E-state index contributed by atoms with van der Waals surface area (Å²) in [7, 11) is 0. The molecule has 1 aromatic carbocycles. The van der Waals surface area contributed by atoms with Crippen molar-refractivity contribution in [2.75, 3.05) is 5.32 Å². The van der Waals surface area contributed by atoms with Crippen molar-refractivity contribution in [1.29, 1.82) is 0 Å². The lowest BCUT2D eigenvalue weighted by molar-refractivity contribution is 0.103. The summed E-state index contributed by atoms with van der Waals surface area (Å²) in [6, 6.07) is 9.91. The zero-order valence-electron chi connectivity index (χ0n) is 12.3. The van der Waals surface area contributed by atoms with E-state index < -0.39 is 0 Å². The van der Waals surface area contributed by atoms with E-state index in [1.54, 1.807) is 0 Å². The molecule has 0 fully saturated rings. The van der Waals surface area contributed by atoms with E-state index in [2.05, 4.69) is 22.4 Å². The van der Waals surface area contributed by atoms with Gasteiger partial charge >= 0.3 is 0 Å². The van der Waals surface area contributed by atoms with Crippen molar-refractivity contribution in [1.82, 2.24) is 10.2 Å². The summed E-state index contributed by atoms with van der Waals surface area (Å²) in [5.74, 6) is -0.113. The number of rotatable bonds is 6. The van der Waals surface area contributed by atoms with Crippen LogP contribution in [-0.4, -0.2) is 16.1 Å². The second-order valence-corrected chi connectivity index (χ2v) is 7.21. The van der Waals surface area contributed by atoms with Crippen LogP contribution < -0.4 is 5.32 Å². The lowest BCUT2D eigenvalue weighted by Gasteiger charge is -1.96. The molecule has 3 aromatic rings. The summed E-state index contributed by atoms with van der Waals surface area (Å²) >= 11 is 2.96. The number of hydrogen-bond donors (Lipinski definition) is 1. The Labute approximate surface area is 137 Å².